The van der Waals surface area contributed by atoms with E-state index in [9.17, 15) is 0 Å². The second kappa shape index (κ2) is 6.72. The molecule has 0 unspecified atom stereocenters. The molecule has 4 rings (SSSR count). The summed E-state index contributed by atoms with van der Waals surface area (Å²) in [6.45, 7) is 10.7. The van der Waals surface area contributed by atoms with Gasteiger partial charge >= 0.3 is 0 Å². The molecule has 0 amide bonds. The summed E-state index contributed by atoms with van der Waals surface area (Å²) in [7, 11) is 0. The third-order valence-electron chi connectivity index (χ3n) is 4.40. The number of rotatable bonds is 2. The molecule has 0 aromatic carbocycles. The monoisotopic (exact) mass is 317 g/mol. The van der Waals surface area contributed by atoms with Crippen molar-refractivity contribution in [1.82, 2.24) is 19.7 Å². The average Bonchev–Trinajstić information content (AvgIpc) is 2.84. The summed E-state index contributed by atoms with van der Waals surface area (Å²) < 4.78 is 7.97. The summed E-state index contributed by atoms with van der Waals surface area (Å²) in [5, 5.41) is 5.63. The Labute approximate surface area is 137 Å². The Bertz CT molecular complexity index is 681. The highest BCUT2D eigenvalue weighted by Gasteiger charge is 2.32. The maximum atomic E-state index is 6.00. The van der Waals surface area contributed by atoms with Crippen LogP contribution < -0.4 is 9.64 Å². The van der Waals surface area contributed by atoms with Gasteiger partial charge in [0.25, 0.3) is 0 Å². The molecule has 1 saturated heterocycles. The molecule has 0 bridgehead atoms. The van der Waals surface area contributed by atoms with Crippen molar-refractivity contribution < 1.29 is 4.74 Å². The first-order chi connectivity index (χ1) is 11.3. The first-order valence-corrected chi connectivity index (χ1v) is 8.92. The normalized spacial score (nSPS) is 19.5. The Morgan fingerprint density at radius 2 is 2.04 bits per heavy atom. The molecule has 0 radical (unpaired) electrons. The fourth-order valence-corrected chi connectivity index (χ4v) is 3.43. The Balaban J connectivity index is 0.000000753. The molecule has 1 fully saturated rings. The van der Waals surface area contributed by atoms with E-state index in [1.54, 1.807) is 0 Å². The number of hydrogen-bond donors (Lipinski definition) is 0. The van der Waals surface area contributed by atoms with Crippen molar-refractivity contribution in [1.29, 1.82) is 0 Å². The van der Waals surface area contributed by atoms with E-state index in [0.717, 1.165) is 42.2 Å². The van der Waals surface area contributed by atoms with Gasteiger partial charge in [-0.1, -0.05) is 20.8 Å². The summed E-state index contributed by atoms with van der Waals surface area (Å²) in [6, 6.07) is 0.421. The summed E-state index contributed by atoms with van der Waals surface area (Å²) in [4.78, 5) is 11.8. The number of piperidine rings is 1. The summed E-state index contributed by atoms with van der Waals surface area (Å²) in [5.74, 6) is 2.55. The van der Waals surface area contributed by atoms with Crippen LogP contribution in [0.15, 0.2) is 0 Å². The van der Waals surface area contributed by atoms with Crippen molar-refractivity contribution in [2.45, 2.75) is 66.0 Å². The number of nitrogens with zero attached hydrogens (tertiary/aromatic N) is 5. The van der Waals surface area contributed by atoms with E-state index in [2.05, 4.69) is 21.9 Å². The smallest absolute Gasteiger partial charge is 0.246 e. The van der Waals surface area contributed by atoms with Gasteiger partial charge in [0.15, 0.2) is 5.65 Å². The van der Waals surface area contributed by atoms with Crippen molar-refractivity contribution in [2.75, 3.05) is 18.1 Å². The fourth-order valence-electron chi connectivity index (χ4n) is 3.43. The van der Waals surface area contributed by atoms with Crippen molar-refractivity contribution in [3.63, 3.8) is 0 Å². The van der Waals surface area contributed by atoms with Crippen LogP contribution in [0.25, 0.3) is 11.0 Å². The minimum atomic E-state index is 0.421. The lowest BCUT2D eigenvalue weighted by molar-refractivity contribution is 0.256. The maximum absolute atomic E-state index is 6.00. The zero-order valence-electron chi connectivity index (χ0n) is 14.7. The van der Waals surface area contributed by atoms with Gasteiger partial charge < -0.3 is 9.64 Å². The zero-order chi connectivity index (χ0) is 16.4. The van der Waals surface area contributed by atoms with E-state index in [1.165, 1.54) is 19.3 Å². The van der Waals surface area contributed by atoms with Gasteiger partial charge in [0, 0.05) is 13.1 Å². The van der Waals surface area contributed by atoms with Crippen LogP contribution in [-0.2, 0) is 6.54 Å². The van der Waals surface area contributed by atoms with Gasteiger partial charge in [-0.15, -0.1) is 5.10 Å². The molecule has 2 aromatic heterocycles. The standard InChI is InChI=1S/C15H21N5O.C2H6/c1-3-7-20-14-12-13(16-10(2)17-14)19-8-5-4-6-11(19)9-21-15(12)18-20;1-2/h11H,3-9H2,1-2H3;1-2H3/t11-;/m0./s1. The minimum absolute atomic E-state index is 0.421. The number of aryl methyl sites for hydroxylation is 2. The van der Waals surface area contributed by atoms with Gasteiger partial charge in [-0.05, 0) is 32.6 Å². The molecule has 4 heterocycles. The van der Waals surface area contributed by atoms with Crippen LogP contribution in [-0.4, -0.2) is 38.9 Å². The predicted molar refractivity (Wildman–Crippen MR) is 92.2 cm³/mol. The van der Waals surface area contributed by atoms with Crippen LogP contribution in [0.5, 0.6) is 5.88 Å². The SMILES string of the molecule is CC.CCCn1nc2c3c(nc(C)nc31)N1CCCC[C@H]1CO2. The molecular weight excluding hydrogens is 290 g/mol. The van der Waals surface area contributed by atoms with Crippen LogP contribution in [0.1, 0.15) is 52.3 Å². The van der Waals surface area contributed by atoms with Crippen molar-refractivity contribution >= 4 is 16.9 Å². The number of anilines is 1. The number of hydrogen-bond acceptors (Lipinski definition) is 5. The van der Waals surface area contributed by atoms with Crippen molar-refractivity contribution in [2.24, 2.45) is 0 Å². The zero-order valence-corrected chi connectivity index (χ0v) is 14.7. The highest BCUT2D eigenvalue weighted by Crippen LogP contribution is 2.37. The van der Waals surface area contributed by atoms with E-state index in [0.29, 0.717) is 18.5 Å². The van der Waals surface area contributed by atoms with E-state index in [-0.39, 0.29) is 0 Å². The second-order valence-corrected chi connectivity index (χ2v) is 5.98. The molecule has 0 spiro atoms. The fraction of sp³-hybridized carbons (Fsp3) is 0.706. The van der Waals surface area contributed by atoms with E-state index >= 15 is 0 Å². The van der Waals surface area contributed by atoms with E-state index < -0.39 is 0 Å². The molecule has 126 valence electrons. The lowest BCUT2D eigenvalue weighted by Crippen LogP contribution is -2.43. The topological polar surface area (TPSA) is 56.1 Å². The molecule has 1 atom stereocenters. The Hall–Kier alpha value is -1.85. The van der Waals surface area contributed by atoms with Crippen molar-refractivity contribution in [3.8, 4) is 5.88 Å². The first kappa shape index (κ1) is 16.0. The minimum Gasteiger partial charge on any atom is -0.474 e. The van der Waals surface area contributed by atoms with Crippen molar-refractivity contribution in [3.05, 3.63) is 5.82 Å². The van der Waals surface area contributed by atoms with Gasteiger partial charge in [-0.2, -0.15) is 0 Å². The van der Waals surface area contributed by atoms with Crippen LogP contribution in [0.4, 0.5) is 5.82 Å². The third-order valence-corrected chi connectivity index (χ3v) is 4.40. The Morgan fingerprint density at radius 3 is 2.83 bits per heavy atom. The molecule has 2 aliphatic rings. The molecule has 0 N–H and O–H groups in total. The number of aromatic nitrogens is 4. The summed E-state index contributed by atoms with van der Waals surface area (Å²) in [5.41, 5.74) is 0.917. The lowest BCUT2D eigenvalue weighted by Gasteiger charge is -2.35. The van der Waals surface area contributed by atoms with E-state index in [4.69, 9.17) is 9.72 Å². The van der Waals surface area contributed by atoms with Crippen LogP contribution >= 0.6 is 0 Å². The van der Waals surface area contributed by atoms with Crippen LogP contribution in [0.3, 0.4) is 0 Å². The highest BCUT2D eigenvalue weighted by molar-refractivity contribution is 5.93. The Morgan fingerprint density at radius 1 is 1.22 bits per heavy atom. The number of fused-ring (bicyclic) bond motifs is 2. The largest absolute Gasteiger partial charge is 0.474 e. The molecule has 6 nitrogen and oxygen atoms in total. The molecule has 2 aliphatic heterocycles. The molecule has 0 aliphatic carbocycles. The molecule has 6 heteroatoms. The maximum Gasteiger partial charge on any atom is 0.246 e. The second-order valence-electron chi connectivity index (χ2n) is 5.98. The highest BCUT2D eigenvalue weighted by atomic mass is 16.5. The van der Waals surface area contributed by atoms with Crippen LogP contribution in [0.2, 0.25) is 0 Å². The summed E-state index contributed by atoms with van der Waals surface area (Å²) >= 11 is 0. The molecule has 23 heavy (non-hydrogen) atoms. The molecular formula is C17H27N5O. The molecule has 2 aromatic rings. The first-order valence-electron chi connectivity index (χ1n) is 8.92. The lowest BCUT2D eigenvalue weighted by atomic mass is 10.0. The van der Waals surface area contributed by atoms with Gasteiger partial charge in [0.05, 0.1) is 6.04 Å². The Kier molecular flexibility index (Phi) is 4.68. The van der Waals surface area contributed by atoms with Gasteiger partial charge in [0.2, 0.25) is 5.88 Å². The average molecular weight is 317 g/mol. The van der Waals surface area contributed by atoms with E-state index in [1.807, 2.05) is 25.5 Å². The quantitative estimate of drug-likeness (QED) is 0.850. The summed E-state index contributed by atoms with van der Waals surface area (Å²) in [6.07, 6.45) is 4.69. The molecule has 0 saturated carbocycles. The van der Waals surface area contributed by atoms with Crippen LogP contribution in [0, 0.1) is 6.92 Å². The van der Waals surface area contributed by atoms with Gasteiger partial charge in [-0.25, -0.2) is 14.6 Å². The van der Waals surface area contributed by atoms with Gasteiger partial charge in [0.1, 0.15) is 23.6 Å². The number of ether oxygens (including phenoxy) is 1. The third kappa shape index (κ3) is 2.75. The van der Waals surface area contributed by atoms with Gasteiger partial charge in [-0.3, -0.25) is 0 Å². The predicted octanol–water partition coefficient (Wildman–Crippen LogP) is 3.32.